The van der Waals surface area contributed by atoms with Crippen molar-refractivity contribution >= 4 is 28.1 Å². The van der Waals surface area contributed by atoms with E-state index in [2.05, 4.69) is 64.8 Å². The maximum absolute atomic E-state index is 12.4. The number of aryl methyl sites for hydroxylation is 1. The number of fused-ring (bicyclic) bond motifs is 1. The van der Waals surface area contributed by atoms with E-state index in [4.69, 9.17) is 0 Å². The van der Waals surface area contributed by atoms with Crippen LogP contribution in [0.1, 0.15) is 37.7 Å². The van der Waals surface area contributed by atoms with Crippen molar-refractivity contribution in [3.63, 3.8) is 0 Å². The second-order valence-electron chi connectivity index (χ2n) is 6.51. The van der Waals surface area contributed by atoms with Gasteiger partial charge in [0.25, 0.3) is 5.91 Å². The van der Waals surface area contributed by atoms with Crippen molar-refractivity contribution in [1.29, 1.82) is 0 Å². The molecule has 3 aromatic rings. The van der Waals surface area contributed by atoms with E-state index in [1.54, 1.807) is 0 Å². The Hall–Kier alpha value is -2.18. The van der Waals surface area contributed by atoms with Gasteiger partial charge in [0.15, 0.2) is 0 Å². The standard InChI is InChI=1S/C21H28N4OS/c1-4-24(5-2)13-9-12-22-20(26)17-15-27-21(23-17)19-14-16-10-7-8-11-18(16)25(19)6-3/h7-8,10-11,14-15H,4-6,9,12-13H2,1-3H3,(H,22,26). The van der Waals surface area contributed by atoms with Gasteiger partial charge in [-0.25, -0.2) is 4.98 Å². The van der Waals surface area contributed by atoms with Crippen molar-refractivity contribution in [3.8, 4) is 10.7 Å². The third-order valence-corrected chi connectivity index (χ3v) is 5.78. The molecule has 0 bridgehead atoms. The Morgan fingerprint density at radius 1 is 1.22 bits per heavy atom. The molecule has 0 fully saturated rings. The van der Waals surface area contributed by atoms with Gasteiger partial charge in [0.1, 0.15) is 10.7 Å². The minimum absolute atomic E-state index is 0.0868. The highest BCUT2D eigenvalue weighted by molar-refractivity contribution is 7.13. The van der Waals surface area contributed by atoms with Gasteiger partial charge in [-0.05, 0) is 45.1 Å². The van der Waals surface area contributed by atoms with Gasteiger partial charge in [-0.15, -0.1) is 11.3 Å². The number of nitrogens with one attached hydrogen (secondary N) is 1. The summed E-state index contributed by atoms with van der Waals surface area (Å²) in [5, 5.41) is 6.94. The van der Waals surface area contributed by atoms with Crippen LogP contribution in [-0.2, 0) is 6.54 Å². The van der Waals surface area contributed by atoms with E-state index in [-0.39, 0.29) is 5.91 Å². The molecule has 0 aliphatic heterocycles. The Morgan fingerprint density at radius 2 is 2.00 bits per heavy atom. The molecule has 0 atom stereocenters. The molecule has 1 aromatic carbocycles. The lowest BCUT2D eigenvalue weighted by atomic mass is 10.2. The molecular weight excluding hydrogens is 356 g/mol. The van der Waals surface area contributed by atoms with Crippen molar-refractivity contribution in [1.82, 2.24) is 19.8 Å². The zero-order valence-corrected chi connectivity index (χ0v) is 17.2. The van der Waals surface area contributed by atoms with E-state index in [0.717, 1.165) is 43.3 Å². The summed E-state index contributed by atoms with van der Waals surface area (Å²) in [6.07, 6.45) is 0.953. The van der Waals surface area contributed by atoms with E-state index < -0.39 is 0 Å². The van der Waals surface area contributed by atoms with Gasteiger partial charge in [-0.2, -0.15) is 0 Å². The van der Waals surface area contributed by atoms with Gasteiger partial charge in [0.05, 0.1) is 5.69 Å². The number of para-hydroxylation sites is 1. The molecule has 2 aromatic heterocycles. The Bertz CT molecular complexity index is 895. The molecule has 0 spiro atoms. The van der Waals surface area contributed by atoms with E-state index in [9.17, 15) is 4.79 Å². The molecule has 1 N–H and O–H groups in total. The summed E-state index contributed by atoms with van der Waals surface area (Å²) in [4.78, 5) is 19.4. The molecule has 5 nitrogen and oxygen atoms in total. The SMILES string of the molecule is CCN(CC)CCCNC(=O)c1csc(-c2cc3ccccc3n2CC)n1. The first kappa shape index (κ1) is 19.6. The summed E-state index contributed by atoms with van der Waals surface area (Å²) in [7, 11) is 0. The number of aromatic nitrogens is 2. The molecule has 3 rings (SSSR count). The number of carbonyl (C=O) groups is 1. The summed E-state index contributed by atoms with van der Waals surface area (Å²) in [5.41, 5.74) is 2.78. The van der Waals surface area contributed by atoms with Crippen LogP contribution in [0.4, 0.5) is 0 Å². The molecule has 0 aliphatic carbocycles. The number of rotatable bonds is 9. The van der Waals surface area contributed by atoms with Crippen LogP contribution in [0.2, 0.25) is 0 Å². The second-order valence-corrected chi connectivity index (χ2v) is 7.36. The minimum Gasteiger partial charge on any atom is -0.351 e. The largest absolute Gasteiger partial charge is 0.351 e. The second kappa shape index (κ2) is 9.15. The van der Waals surface area contributed by atoms with Crippen LogP contribution in [0.3, 0.4) is 0 Å². The molecule has 2 heterocycles. The summed E-state index contributed by atoms with van der Waals surface area (Å²) in [6, 6.07) is 10.5. The fraction of sp³-hybridized carbons (Fsp3) is 0.429. The lowest BCUT2D eigenvalue weighted by Crippen LogP contribution is -2.30. The number of benzene rings is 1. The first-order valence-electron chi connectivity index (χ1n) is 9.72. The van der Waals surface area contributed by atoms with Gasteiger partial charge >= 0.3 is 0 Å². The van der Waals surface area contributed by atoms with Crippen LogP contribution in [0, 0.1) is 0 Å². The van der Waals surface area contributed by atoms with Crippen LogP contribution in [-0.4, -0.2) is 46.5 Å². The third kappa shape index (κ3) is 4.39. The van der Waals surface area contributed by atoms with Crippen LogP contribution >= 0.6 is 11.3 Å². The average molecular weight is 385 g/mol. The fourth-order valence-electron chi connectivity index (χ4n) is 3.36. The fourth-order valence-corrected chi connectivity index (χ4v) is 4.18. The highest BCUT2D eigenvalue weighted by atomic mass is 32.1. The highest BCUT2D eigenvalue weighted by Gasteiger charge is 2.15. The quantitative estimate of drug-likeness (QED) is 0.561. The Balaban J connectivity index is 1.67. The molecule has 0 unspecified atom stereocenters. The van der Waals surface area contributed by atoms with E-state index in [1.165, 1.54) is 22.2 Å². The van der Waals surface area contributed by atoms with Crippen LogP contribution in [0.25, 0.3) is 21.6 Å². The maximum Gasteiger partial charge on any atom is 0.270 e. The van der Waals surface area contributed by atoms with Crippen molar-refractivity contribution < 1.29 is 4.79 Å². The van der Waals surface area contributed by atoms with E-state index in [0.29, 0.717) is 12.2 Å². The lowest BCUT2D eigenvalue weighted by molar-refractivity contribution is 0.0947. The average Bonchev–Trinajstić information content (AvgIpc) is 3.32. The van der Waals surface area contributed by atoms with Crippen LogP contribution < -0.4 is 5.32 Å². The summed E-state index contributed by atoms with van der Waals surface area (Å²) in [6.45, 7) is 11.1. The minimum atomic E-state index is -0.0868. The Kier molecular flexibility index (Phi) is 6.63. The Labute approximate surface area is 165 Å². The van der Waals surface area contributed by atoms with Gasteiger partial charge in [-0.3, -0.25) is 4.79 Å². The van der Waals surface area contributed by atoms with Gasteiger partial charge in [0, 0.05) is 29.4 Å². The zero-order chi connectivity index (χ0) is 19.2. The molecular formula is C21H28N4OS. The summed E-state index contributed by atoms with van der Waals surface area (Å²) in [5.74, 6) is -0.0868. The molecule has 0 saturated heterocycles. The predicted molar refractivity (Wildman–Crippen MR) is 113 cm³/mol. The predicted octanol–water partition coefficient (Wildman–Crippen LogP) is 4.25. The first-order chi connectivity index (χ1) is 13.2. The third-order valence-electron chi connectivity index (χ3n) is 4.91. The lowest BCUT2D eigenvalue weighted by Gasteiger charge is -2.17. The molecule has 6 heteroatoms. The van der Waals surface area contributed by atoms with Crippen molar-refractivity contribution in [2.24, 2.45) is 0 Å². The van der Waals surface area contributed by atoms with Crippen molar-refractivity contribution in [2.75, 3.05) is 26.2 Å². The molecule has 27 heavy (non-hydrogen) atoms. The number of hydrogen-bond acceptors (Lipinski definition) is 4. The number of amides is 1. The topological polar surface area (TPSA) is 50.2 Å². The first-order valence-corrected chi connectivity index (χ1v) is 10.6. The molecule has 0 aliphatic rings. The van der Waals surface area contributed by atoms with Crippen molar-refractivity contribution in [3.05, 3.63) is 41.4 Å². The molecule has 1 amide bonds. The monoisotopic (exact) mass is 384 g/mol. The van der Waals surface area contributed by atoms with Gasteiger partial charge < -0.3 is 14.8 Å². The highest BCUT2D eigenvalue weighted by Crippen LogP contribution is 2.30. The number of thiazole rings is 1. The summed E-state index contributed by atoms with van der Waals surface area (Å²) >= 11 is 1.53. The van der Waals surface area contributed by atoms with Gasteiger partial charge in [-0.1, -0.05) is 32.0 Å². The maximum atomic E-state index is 12.4. The molecule has 144 valence electrons. The van der Waals surface area contributed by atoms with Crippen LogP contribution in [0.15, 0.2) is 35.7 Å². The van der Waals surface area contributed by atoms with E-state index >= 15 is 0 Å². The number of carbonyl (C=O) groups excluding carboxylic acids is 1. The zero-order valence-electron chi connectivity index (χ0n) is 16.4. The number of nitrogens with zero attached hydrogens (tertiary/aromatic N) is 3. The Morgan fingerprint density at radius 3 is 2.74 bits per heavy atom. The van der Waals surface area contributed by atoms with E-state index in [1.807, 2.05) is 11.4 Å². The van der Waals surface area contributed by atoms with Crippen LogP contribution in [0.5, 0.6) is 0 Å². The smallest absolute Gasteiger partial charge is 0.270 e. The van der Waals surface area contributed by atoms with Gasteiger partial charge in [0.2, 0.25) is 0 Å². The molecule has 0 radical (unpaired) electrons. The normalized spacial score (nSPS) is 11.4. The number of hydrogen-bond donors (Lipinski definition) is 1. The summed E-state index contributed by atoms with van der Waals surface area (Å²) < 4.78 is 2.25. The van der Waals surface area contributed by atoms with Crippen molar-refractivity contribution in [2.45, 2.75) is 33.7 Å². The molecule has 0 saturated carbocycles.